The molecule has 5 heteroatoms. The van der Waals surface area contributed by atoms with Crippen molar-refractivity contribution in [1.82, 2.24) is 4.98 Å². The number of nitrogen functional groups attached to an aromatic ring is 1. The number of nitrogens with zero attached hydrogens (tertiary/aromatic N) is 2. The minimum absolute atomic E-state index is 0.0739. The lowest BCUT2D eigenvalue weighted by Crippen LogP contribution is -2.00. The Hall–Kier alpha value is -2.69. The Morgan fingerprint density at radius 3 is 2.56 bits per heavy atom. The van der Waals surface area contributed by atoms with E-state index in [1.54, 1.807) is 18.2 Å². The van der Waals surface area contributed by atoms with Crippen LogP contribution in [0.5, 0.6) is 0 Å². The monoisotopic (exact) mass is 241 g/mol. The van der Waals surface area contributed by atoms with E-state index in [2.05, 4.69) is 4.98 Å². The van der Waals surface area contributed by atoms with Crippen molar-refractivity contribution in [3.63, 3.8) is 0 Å². The van der Waals surface area contributed by atoms with Gasteiger partial charge in [0.25, 0.3) is 0 Å². The van der Waals surface area contributed by atoms with Crippen LogP contribution in [0.25, 0.3) is 12.2 Å². The summed E-state index contributed by atoms with van der Waals surface area (Å²) in [6.45, 7) is 0. The predicted octanol–water partition coefficient (Wildman–Crippen LogP) is 2.74. The fourth-order valence-corrected chi connectivity index (χ4v) is 1.57. The summed E-state index contributed by atoms with van der Waals surface area (Å²) in [5.41, 5.74) is 6.74. The van der Waals surface area contributed by atoms with Crippen molar-refractivity contribution in [2.24, 2.45) is 0 Å². The Morgan fingerprint density at radius 1 is 1.17 bits per heavy atom. The van der Waals surface area contributed by atoms with Gasteiger partial charge in [-0.1, -0.05) is 36.4 Å². The topological polar surface area (TPSA) is 82.0 Å². The number of rotatable bonds is 3. The van der Waals surface area contributed by atoms with Crippen molar-refractivity contribution in [3.05, 3.63) is 63.8 Å². The van der Waals surface area contributed by atoms with Crippen LogP contribution in [-0.2, 0) is 0 Å². The molecule has 1 aromatic carbocycles. The number of pyridine rings is 1. The van der Waals surface area contributed by atoms with Gasteiger partial charge in [-0.25, -0.2) is 4.98 Å². The van der Waals surface area contributed by atoms with E-state index < -0.39 is 4.92 Å². The summed E-state index contributed by atoms with van der Waals surface area (Å²) in [7, 11) is 0. The molecule has 0 aliphatic carbocycles. The smallest absolute Gasteiger partial charge is 0.318 e. The summed E-state index contributed by atoms with van der Waals surface area (Å²) in [4.78, 5) is 14.1. The van der Waals surface area contributed by atoms with Crippen molar-refractivity contribution in [2.75, 3.05) is 5.73 Å². The maximum Gasteiger partial charge on any atom is 0.318 e. The summed E-state index contributed by atoms with van der Waals surface area (Å²) >= 11 is 0. The number of hydrogen-bond donors (Lipinski definition) is 1. The van der Waals surface area contributed by atoms with Crippen LogP contribution in [0.15, 0.2) is 42.6 Å². The van der Waals surface area contributed by atoms with Crippen LogP contribution in [0.4, 0.5) is 11.5 Å². The fraction of sp³-hybridized carbons (Fsp3) is 0. The maximum atomic E-state index is 10.9. The van der Waals surface area contributed by atoms with Crippen LogP contribution in [0.3, 0.4) is 0 Å². The van der Waals surface area contributed by atoms with Gasteiger partial charge >= 0.3 is 5.69 Å². The third kappa shape index (κ3) is 2.52. The Kier molecular flexibility index (Phi) is 3.33. The second kappa shape index (κ2) is 5.09. The van der Waals surface area contributed by atoms with Gasteiger partial charge in [-0.2, -0.15) is 0 Å². The zero-order valence-corrected chi connectivity index (χ0v) is 9.48. The summed E-state index contributed by atoms with van der Waals surface area (Å²) in [5.74, 6) is -0.0739. The summed E-state index contributed by atoms with van der Waals surface area (Å²) in [6, 6.07) is 11.1. The van der Waals surface area contributed by atoms with E-state index in [0.29, 0.717) is 5.56 Å². The standard InChI is InChI=1S/C13H11N3O2/c14-13-12(16(17)18)11(8-9-15-13)7-6-10-4-2-1-3-5-10/h1-9H,(H2,14,15). The van der Waals surface area contributed by atoms with E-state index in [0.717, 1.165) is 5.56 Å². The quantitative estimate of drug-likeness (QED) is 0.661. The average Bonchev–Trinajstić information content (AvgIpc) is 2.37. The molecule has 0 aliphatic rings. The molecule has 0 fully saturated rings. The van der Waals surface area contributed by atoms with Crippen molar-refractivity contribution < 1.29 is 4.92 Å². The number of benzene rings is 1. The first-order chi connectivity index (χ1) is 8.68. The van der Waals surface area contributed by atoms with Crippen LogP contribution < -0.4 is 5.73 Å². The van der Waals surface area contributed by atoms with Gasteiger partial charge in [0, 0.05) is 6.20 Å². The van der Waals surface area contributed by atoms with Crippen molar-refractivity contribution >= 4 is 23.7 Å². The number of nitrogens with two attached hydrogens (primary N) is 1. The van der Waals surface area contributed by atoms with E-state index in [-0.39, 0.29) is 11.5 Å². The Balaban J connectivity index is 2.38. The number of nitro groups is 1. The molecule has 0 spiro atoms. The summed E-state index contributed by atoms with van der Waals surface area (Å²) in [5, 5.41) is 10.9. The molecule has 0 aliphatic heterocycles. The van der Waals surface area contributed by atoms with Gasteiger partial charge in [0.15, 0.2) is 0 Å². The first kappa shape index (κ1) is 11.8. The van der Waals surface area contributed by atoms with Gasteiger partial charge in [0.05, 0.1) is 10.5 Å². The molecule has 1 heterocycles. The molecular formula is C13H11N3O2. The van der Waals surface area contributed by atoms with Gasteiger partial charge in [-0.05, 0) is 17.7 Å². The SMILES string of the molecule is Nc1nccc(C=Cc2ccccc2)c1[N+](=O)[O-]. The van der Waals surface area contributed by atoms with Gasteiger partial charge in [-0.3, -0.25) is 10.1 Å². The maximum absolute atomic E-state index is 10.9. The van der Waals surface area contributed by atoms with Crippen LogP contribution in [0.2, 0.25) is 0 Å². The molecule has 18 heavy (non-hydrogen) atoms. The fourth-order valence-electron chi connectivity index (χ4n) is 1.57. The second-order valence-electron chi connectivity index (χ2n) is 3.64. The van der Waals surface area contributed by atoms with Crippen molar-refractivity contribution in [2.45, 2.75) is 0 Å². The molecule has 2 N–H and O–H groups in total. The highest BCUT2D eigenvalue weighted by Crippen LogP contribution is 2.25. The van der Waals surface area contributed by atoms with Gasteiger partial charge in [-0.15, -0.1) is 0 Å². The zero-order chi connectivity index (χ0) is 13.0. The molecule has 90 valence electrons. The van der Waals surface area contributed by atoms with Crippen LogP contribution >= 0.6 is 0 Å². The molecule has 0 radical (unpaired) electrons. The molecule has 5 nitrogen and oxygen atoms in total. The van der Waals surface area contributed by atoms with Gasteiger partial charge < -0.3 is 5.73 Å². The number of hydrogen-bond acceptors (Lipinski definition) is 4. The molecular weight excluding hydrogens is 230 g/mol. The molecule has 0 unspecified atom stereocenters. The van der Waals surface area contributed by atoms with Crippen molar-refractivity contribution in [3.8, 4) is 0 Å². The number of aromatic nitrogens is 1. The number of anilines is 1. The second-order valence-corrected chi connectivity index (χ2v) is 3.64. The van der Waals surface area contributed by atoms with E-state index in [9.17, 15) is 10.1 Å². The molecule has 0 saturated heterocycles. The Morgan fingerprint density at radius 2 is 1.89 bits per heavy atom. The third-order valence-electron chi connectivity index (χ3n) is 2.42. The normalized spacial score (nSPS) is 10.7. The molecule has 0 saturated carbocycles. The van der Waals surface area contributed by atoms with E-state index in [1.165, 1.54) is 6.20 Å². The van der Waals surface area contributed by atoms with Gasteiger partial charge in [0.2, 0.25) is 5.82 Å². The first-order valence-electron chi connectivity index (χ1n) is 5.30. The third-order valence-corrected chi connectivity index (χ3v) is 2.42. The van der Waals surface area contributed by atoms with Crippen molar-refractivity contribution in [1.29, 1.82) is 0 Å². The molecule has 0 bridgehead atoms. The van der Waals surface area contributed by atoms with Crippen LogP contribution in [0.1, 0.15) is 11.1 Å². The molecule has 1 aromatic heterocycles. The highest BCUT2D eigenvalue weighted by molar-refractivity contribution is 5.77. The van der Waals surface area contributed by atoms with E-state index >= 15 is 0 Å². The Labute approximate surface area is 104 Å². The lowest BCUT2D eigenvalue weighted by molar-refractivity contribution is -0.384. The highest BCUT2D eigenvalue weighted by atomic mass is 16.6. The predicted molar refractivity (Wildman–Crippen MR) is 70.7 cm³/mol. The largest absolute Gasteiger partial charge is 0.378 e. The molecule has 2 aromatic rings. The minimum Gasteiger partial charge on any atom is -0.378 e. The average molecular weight is 241 g/mol. The molecule has 2 rings (SSSR count). The lowest BCUT2D eigenvalue weighted by atomic mass is 10.1. The van der Waals surface area contributed by atoms with Gasteiger partial charge in [0.1, 0.15) is 0 Å². The van der Waals surface area contributed by atoms with Crippen LogP contribution in [-0.4, -0.2) is 9.91 Å². The molecule has 0 amide bonds. The first-order valence-corrected chi connectivity index (χ1v) is 5.30. The van der Waals surface area contributed by atoms with E-state index in [1.807, 2.05) is 30.3 Å². The van der Waals surface area contributed by atoms with Crippen LogP contribution in [0, 0.1) is 10.1 Å². The minimum atomic E-state index is -0.521. The van der Waals surface area contributed by atoms with E-state index in [4.69, 9.17) is 5.73 Å². The zero-order valence-electron chi connectivity index (χ0n) is 9.48. The summed E-state index contributed by atoms with van der Waals surface area (Å²) < 4.78 is 0. The highest BCUT2D eigenvalue weighted by Gasteiger charge is 2.16. The lowest BCUT2D eigenvalue weighted by Gasteiger charge is -1.99. The summed E-state index contributed by atoms with van der Waals surface area (Å²) in [6.07, 6.45) is 4.90. The Bertz CT molecular complexity index is 594. The molecule has 0 atom stereocenters.